The minimum atomic E-state index is -0.769. The SMILES string of the molecule is Cc1ccc(F)c(C(=O)C2CNC2)c1F. The molecule has 2 rings (SSSR count). The summed E-state index contributed by atoms with van der Waals surface area (Å²) in [6.07, 6.45) is 0. The molecule has 0 aromatic heterocycles. The molecular weight excluding hydrogens is 200 g/mol. The van der Waals surface area contributed by atoms with Crippen LogP contribution in [0.4, 0.5) is 8.78 Å². The van der Waals surface area contributed by atoms with E-state index in [1.54, 1.807) is 0 Å². The summed E-state index contributed by atoms with van der Waals surface area (Å²) in [6.45, 7) is 2.53. The zero-order chi connectivity index (χ0) is 11.0. The van der Waals surface area contributed by atoms with Crippen molar-refractivity contribution in [2.45, 2.75) is 6.92 Å². The largest absolute Gasteiger partial charge is 0.315 e. The Kier molecular flexibility index (Phi) is 2.52. The molecule has 1 aliphatic heterocycles. The first-order valence-electron chi connectivity index (χ1n) is 4.81. The highest BCUT2D eigenvalue weighted by Gasteiger charge is 2.30. The first kappa shape index (κ1) is 10.2. The number of hydrogen-bond acceptors (Lipinski definition) is 2. The molecule has 2 nitrogen and oxygen atoms in total. The summed E-state index contributed by atoms with van der Waals surface area (Å²) >= 11 is 0. The van der Waals surface area contributed by atoms with Crippen molar-refractivity contribution in [1.29, 1.82) is 0 Å². The van der Waals surface area contributed by atoms with Gasteiger partial charge < -0.3 is 5.32 Å². The van der Waals surface area contributed by atoms with Crippen LogP contribution in [0.3, 0.4) is 0 Å². The molecular formula is C11H11F2NO. The number of halogens is 2. The average Bonchev–Trinajstić information content (AvgIpc) is 2.09. The highest BCUT2D eigenvalue weighted by atomic mass is 19.1. The van der Waals surface area contributed by atoms with Crippen LogP contribution in [-0.4, -0.2) is 18.9 Å². The van der Waals surface area contributed by atoms with Gasteiger partial charge in [0.05, 0.1) is 5.56 Å². The second-order valence-corrected chi connectivity index (χ2v) is 3.77. The quantitative estimate of drug-likeness (QED) is 0.754. The number of hydrogen-bond donors (Lipinski definition) is 1. The molecule has 0 atom stereocenters. The maximum absolute atomic E-state index is 13.6. The van der Waals surface area contributed by atoms with E-state index < -0.39 is 17.4 Å². The molecule has 0 aliphatic carbocycles. The molecule has 0 saturated carbocycles. The topological polar surface area (TPSA) is 29.1 Å². The third kappa shape index (κ3) is 1.65. The summed E-state index contributed by atoms with van der Waals surface area (Å²) in [7, 11) is 0. The summed E-state index contributed by atoms with van der Waals surface area (Å²) in [5, 5.41) is 2.90. The van der Waals surface area contributed by atoms with Gasteiger partial charge >= 0.3 is 0 Å². The van der Waals surface area contributed by atoms with Crippen LogP contribution in [0.25, 0.3) is 0 Å². The molecule has 0 bridgehead atoms. The van der Waals surface area contributed by atoms with Crippen molar-refractivity contribution in [1.82, 2.24) is 5.32 Å². The van der Waals surface area contributed by atoms with Gasteiger partial charge in [-0.15, -0.1) is 0 Å². The van der Waals surface area contributed by atoms with Gasteiger partial charge in [0.25, 0.3) is 0 Å². The zero-order valence-corrected chi connectivity index (χ0v) is 8.31. The van der Waals surface area contributed by atoms with E-state index in [4.69, 9.17) is 0 Å². The number of ketones is 1. The fourth-order valence-corrected chi connectivity index (χ4v) is 1.56. The van der Waals surface area contributed by atoms with E-state index in [9.17, 15) is 13.6 Å². The predicted octanol–water partition coefficient (Wildman–Crippen LogP) is 1.68. The Morgan fingerprint density at radius 3 is 2.60 bits per heavy atom. The Bertz CT molecular complexity index is 413. The second-order valence-electron chi connectivity index (χ2n) is 3.77. The van der Waals surface area contributed by atoms with Gasteiger partial charge in [0, 0.05) is 19.0 Å². The van der Waals surface area contributed by atoms with E-state index >= 15 is 0 Å². The molecule has 0 amide bonds. The Hall–Kier alpha value is -1.29. The van der Waals surface area contributed by atoms with Crippen LogP contribution in [0, 0.1) is 24.5 Å². The average molecular weight is 211 g/mol. The van der Waals surface area contributed by atoms with Crippen molar-refractivity contribution in [2.75, 3.05) is 13.1 Å². The molecule has 0 radical (unpaired) electrons. The van der Waals surface area contributed by atoms with Crippen LogP contribution in [0.15, 0.2) is 12.1 Å². The number of carbonyl (C=O) groups is 1. The minimum absolute atomic E-state index is 0.282. The van der Waals surface area contributed by atoms with E-state index in [2.05, 4.69) is 5.32 Å². The molecule has 0 spiro atoms. The summed E-state index contributed by atoms with van der Waals surface area (Å²) < 4.78 is 26.9. The Morgan fingerprint density at radius 2 is 2.07 bits per heavy atom. The van der Waals surface area contributed by atoms with E-state index in [1.807, 2.05) is 0 Å². The number of Topliss-reactive ketones (excluding diaryl/α,β-unsaturated/α-hetero) is 1. The second kappa shape index (κ2) is 3.70. The smallest absolute Gasteiger partial charge is 0.174 e. The maximum atomic E-state index is 13.6. The molecule has 0 unspecified atom stereocenters. The summed E-state index contributed by atoms with van der Waals surface area (Å²) in [5.41, 5.74) is -0.0893. The molecule has 1 saturated heterocycles. The first-order chi connectivity index (χ1) is 7.11. The number of carbonyl (C=O) groups excluding carboxylic acids is 1. The standard InChI is InChI=1S/C11H11F2NO/c1-6-2-3-8(12)9(10(6)13)11(15)7-4-14-5-7/h2-3,7,14H,4-5H2,1H3. The summed E-state index contributed by atoms with van der Waals surface area (Å²) in [4.78, 5) is 11.7. The van der Waals surface area contributed by atoms with Gasteiger partial charge in [-0.3, -0.25) is 4.79 Å². The maximum Gasteiger partial charge on any atom is 0.174 e. The first-order valence-corrected chi connectivity index (χ1v) is 4.81. The van der Waals surface area contributed by atoms with Gasteiger partial charge in [-0.25, -0.2) is 8.78 Å². The molecule has 1 N–H and O–H groups in total. The normalized spacial score (nSPS) is 16.2. The van der Waals surface area contributed by atoms with E-state index in [0.717, 1.165) is 6.07 Å². The Labute approximate surface area is 86.3 Å². The molecule has 1 fully saturated rings. The summed E-state index contributed by atoms with van der Waals surface area (Å²) in [5.74, 6) is -2.22. The molecule has 1 aromatic carbocycles. The van der Waals surface area contributed by atoms with E-state index in [0.29, 0.717) is 18.7 Å². The third-order valence-electron chi connectivity index (χ3n) is 2.68. The molecule has 15 heavy (non-hydrogen) atoms. The summed E-state index contributed by atoms with van der Waals surface area (Å²) in [6, 6.07) is 2.47. The lowest BCUT2D eigenvalue weighted by molar-refractivity contribution is 0.0869. The zero-order valence-electron chi connectivity index (χ0n) is 8.31. The van der Waals surface area contributed by atoms with E-state index in [1.165, 1.54) is 13.0 Å². The fourth-order valence-electron chi connectivity index (χ4n) is 1.56. The lowest BCUT2D eigenvalue weighted by Gasteiger charge is -2.26. The van der Waals surface area contributed by atoms with Crippen LogP contribution < -0.4 is 5.32 Å². The van der Waals surface area contributed by atoms with Gasteiger partial charge in [0.15, 0.2) is 5.78 Å². The minimum Gasteiger partial charge on any atom is -0.315 e. The third-order valence-corrected chi connectivity index (χ3v) is 2.68. The van der Waals surface area contributed by atoms with Crippen LogP contribution in [0.5, 0.6) is 0 Å². The predicted molar refractivity (Wildman–Crippen MR) is 51.8 cm³/mol. The van der Waals surface area contributed by atoms with Crippen molar-refractivity contribution < 1.29 is 13.6 Å². The fraction of sp³-hybridized carbons (Fsp3) is 0.364. The van der Waals surface area contributed by atoms with Crippen molar-refractivity contribution in [3.63, 3.8) is 0 Å². The van der Waals surface area contributed by atoms with Gasteiger partial charge in [-0.1, -0.05) is 6.07 Å². The Morgan fingerprint density at radius 1 is 1.40 bits per heavy atom. The molecule has 1 aliphatic rings. The number of rotatable bonds is 2. The van der Waals surface area contributed by atoms with E-state index in [-0.39, 0.29) is 11.5 Å². The van der Waals surface area contributed by atoms with Crippen molar-refractivity contribution in [3.05, 3.63) is 34.9 Å². The van der Waals surface area contributed by atoms with Crippen LogP contribution >= 0.6 is 0 Å². The van der Waals surface area contributed by atoms with Crippen molar-refractivity contribution in [2.24, 2.45) is 5.92 Å². The number of nitrogens with one attached hydrogen (secondary N) is 1. The molecule has 80 valence electrons. The van der Waals surface area contributed by atoms with Gasteiger partial charge in [-0.05, 0) is 18.6 Å². The highest BCUT2D eigenvalue weighted by Crippen LogP contribution is 2.21. The monoisotopic (exact) mass is 211 g/mol. The van der Waals surface area contributed by atoms with Gasteiger partial charge in [0.1, 0.15) is 11.6 Å². The van der Waals surface area contributed by atoms with Crippen molar-refractivity contribution in [3.8, 4) is 0 Å². The van der Waals surface area contributed by atoms with Gasteiger partial charge in [0.2, 0.25) is 0 Å². The van der Waals surface area contributed by atoms with Crippen LogP contribution in [0.1, 0.15) is 15.9 Å². The molecule has 1 heterocycles. The van der Waals surface area contributed by atoms with Gasteiger partial charge in [-0.2, -0.15) is 0 Å². The Balaban J connectivity index is 2.41. The number of aryl methyl sites for hydroxylation is 1. The van der Waals surface area contributed by atoms with Crippen molar-refractivity contribution >= 4 is 5.78 Å². The molecule has 4 heteroatoms. The number of benzene rings is 1. The lowest BCUT2D eigenvalue weighted by Crippen LogP contribution is -2.47. The highest BCUT2D eigenvalue weighted by molar-refractivity contribution is 5.99. The lowest BCUT2D eigenvalue weighted by atomic mass is 9.91. The van der Waals surface area contributed by atoms with Crippen LogP contribution in [0.2, 0.25) is 0 Å². The molecule has 1 aromatic rings. The van der Waals surface area contributed by atoms with Crippen LogP contribution in [-0.2, 0) is 0 Å².